The number of halogens is 1. The van der Waals surface area contributed by atoms with Gasteiger partial charge in [0, 0.05) is 6.54 Å². The number of hydrogen-bond acceptors (Lipinski definition) is 2. The summed E-state index contributed by atoms with van der Waals surface area (Å²) in [5.41, 5.74) is 2.14. The summed E-state index contributed by atoms with van der Waals surface area (Å²) in [5.74, 6) is 0.900. The van der Waals surface area contributed by atoms with Crippen molar-refractivity contribution in [3.63, 3.8) is 0 Å². The van der Waals surface area contributed by atoms with E-state index in [2.05, 4.69) is 17.4 Å². The normalized spacial score (nSPS) is 10.5. The molecule has 0 bridgehead atoms. The van der Waals surface area contributed by atoms with Crippen molar-refractivity contribution in [1.82, 2.24) is 0 Å². The fourth-order valence-corrected chi connectivity index (χ4v) is 1.96. The van der Waals surface area contributed by atoms with Crippen molar-refractivity contribution in [2.45, 2.75) is 26.5 Å². The van der Waals surface area contributed by atoms with Crippen molar-refractivity contribution in [1.29, 1.82) is 0 Å². The molecule has 0 spiro atoms. The maximum absolute atomic E-state index is 6.09. The highest BCUT2D eigenvalue weighted by Gasteiger charge is 2.00. The van der Waals surface area contributed by atoms with Crippen molar-refractivity contribution < 1.29 is 4.74 Å². The Morgan fingerprint density at radius 1 is 1.05 bits per heavy atom. The number of nitrogens with one attached hydrogen (secondary N) is 1. The largest absolute Gasteiger partial charge is 0.491 e. The zero-order valence-electron chi connectivity index (χ0n) is 11.2. The maximum atomic E-state index is 6.09. The minimum atomic E-state index is 0.201. The number of anilines is 1. The number of benzene rings is 2. The van der Waals surface area contributed by atoms with Gasteiger partial charge in [0.1, 0.15) is 5.75 Å². The van der Waals surface area contributed by atoms with Crippen LogP contribution in [0.15, 0.2) is 48.5 Å². The Labute approximate surface area is 119 Å². The summed E-state index contributed by atoms with van der Waals surface area (Å²) in [6.45, 7) is 4.78. The van der Waals surface area contributed by atoms with Crippen molar-refractivity contribution in [2.24, 2.45) is 0 Å². The number of hydrogen-bond donors (Lipinski definition) is 1. The van der Waals surface area contributed by atoms with E-state index in [1.807, 2.05) is 50.2 Å². The van der Waals surface area contributed by atoms with Crippen LogP contribution >= 0.6 is 11.6 Å². The Balaban J connectivity index is 1.95. The molecule has 1 N–H and O–H groups in total. The van der Waals surface area contributed by atoms with Crippen molar-refractivity contribution in [3.8, 4) is 5.75 Å². The predicted octanol–water partition coefficient (Wildman–Crippen LogP) is 4.74. The molecule has 0 aromatic heterocycles. The average Bonchev–Trinajstić information content (AvgIpc) is 2.39. The molecule has 0 fully saturated rings. The van der Waals surface area contributed by atoms with Gasteiger partial charge in [0.05, 0.1) is 16.8 Å². The fourth-order valence-electron chi connectivity index (χ4n) is 1.76. The van der Waals surface area contributed by atoms with Crippen LogP contribution in [-0.4, -0.2) is 6.10 Å². The van der Waals surface area contributed by atoms with Crippen LogP contribution < -0.4 is 10.1 Å². The van der Waals surface area contributed by atoms with Crippen LogP contribution in [0.1, 0.15) is 19.4 Å². The summed E-state index contributed by atoms with van der Waals surface area (Å²) in [7, 11) is 0. The van der Waals surface area contributed by atoms with E-state index in [4.69, 9.17) is 16.3 Å². The molecule has 0 saturated heterocycles. The number of rotatable bonds is 5. The summed E-state index contributed by atoms with van der Waals surface area (Å²) in [4.78, 5) is 0. The minimum absolute atomic E-state index is 0.201. The van der Waals surface area contributed by atoms with E-state index >= 15 is 0 Å². The first kappa shape index (κ1) is 13.8. The van der Waals surface area contributed by atoms with Gasteiger partial charge in [-0.2, -0.15) is 0 Å². The summed E-state index contributed by atoms with van der Waals surface area (Å²) in [6.07, 6.45) is 0.201. The highest BCUT2D eigenvalue weighted by Crippen LogP contribution is 2.21. The molecule has 0 unspecified atom stereocenters. The smallest absolute Gasteiger partial charge is 0.119 e. The van der Waals surface area contributed by atoms with Crippen LogP contribution in [0.3, 0.4) is 0 Å². The number of ether oxygens (including phenoxy) is 1. The molecule has 100 valence electrons. The molecule has 2 aromatic carbocycles. The van der Waals surface area contributed by atoms with E-state index in [-0.39, 0.29) is 6.10 Å². The molecular formula is C16H18ClNO. The topological polar surface area (TPSA) is 21.3 Å². The van der Waals surface area contributed by atoms with E-state index in [0.29, 0.717) is 0 Å². The first-order valence-electron chi connectivity index (χ1n) is 6.39. The molecule has 19 heavy (non-hydrogen) atoms. The Kier molecular flexibility index (Phi) is 4.69. The average molecular weight is 276 g/mol. The van der Waals surface area contributed by atoms with E-state index in [1.54, 1.807) is 0 Å². The summed E-state index contributed by atoms with van der Waals surface area (Å²) < 4.78 is 5.61. The van der Waals surface area contributed by atoms with Gasteiger partial charge >= 0.3 is 0 Å². The quantitative estimate of drug-likeness (QED) is 0.851. The molecule has 0 radical (unpaired) electrons. The molecule has 2 rings (SSSR count). The lowest BCUT2D eigenvalue weighted by molar-refractivity contribution is 0.242. The van der Waals surface area contributed by atoms with E-state index in [1.165, 1.54) is 5.56 Å². The zero-order valence-corrected chi connectivity index (χ0v) is 11.9. The minimum Gasteiger partial charge on any atom is -0.491 e. The van der Waals surface area contributed by atoms with Crippen LogP contribution in [0.2, 0.25) is 5.02 Å². The summed E-state index contributed by atoms with van der Waals surface area (Å²) in [6, 6.07) is 15.8. The lowest BCUT2D eigenvalue weighted by Crippen LogP contribution is -2.05. The maximum Gasteiger partial charge on any atom is 0.119 e. The Bertz CT molecular complexity index is 523. The van der Waals surface area contributed by atoms with E-state index in [9.17, 15) is 0 Å². The highest BCUT2D eigenvalue weighted by atomic mass is 35.5. The lowest BCUT2D eigenvalue weighted by atomic mass is 10.2. The molecule has 2 aromatic rings. The molecule has 0 amide bonds. The van der Waals surface area contributed by atoms with Crippen molar-refractivity contribution in [2.75, 3.05) is 5.32 Å². The Morgan fingerprint density at radius 3 is 2.37 bits per heavy atom. The third-order valence-electron chi connectivity index (χ3n) is 2.65. The van der Waals surface area contributed by atoms with Crippen molar-refractivity contribution >= 4 is 17.3 Å². The second-order valence-electron chi connectivity index (χ2n) is 4.64. The van der Waals surface area contributed by atoms with Gasteiger partial charge in [-0.3, -0.25) is 0 Å². The highest BCUT2D eigenvalue weighted by molar-refractivity contribution is 6.33. The van der Waals surface area contributed by atoms with Gasteiger partial charge in [0.2, 0.25) is 0 Å². The molecule has 2 nitrogen and oxygen atoms in total. The molecule has 0 heterocycles. The first-order valence-corrected chi connectivity index (χ1v) is 6.77. The van der Waals surface area contributed by atoms with Crippen LogP contribution in [0.5, 0.6) is 5.75 Å². The van der Waals surface area contributed by atoms with E-state index in [0.717, 1.165) is 23.0 Å². The standard InChI is InChI=1S/C16H18ClNO/c1-12(2)19-14-9-7-13(8-10-14)11-18-16-6-4-3-5-15(16)17/h3-10,12,18H,11H2,1-2H3. The monoisotopic (exact) mass is 275 g/mol. The molecule has 0 aliphatic carbocycles. The molecule has 0 aliphatic rings. The van der Waals surface area contributed by atoms with Crippen LogP contribution in [-0.2, 0) is 6.54 Å². The van der Waals surface area contributed by atoms with Gasteiger partial charge in [0.25, 0.3) is 0 Å². The van der Waals surface area contributed by atoms with Gasteiger partial charge in [-0.05, 0) is 43.7 Å². The second kappa shape index (κ2) is 6.48. The lowest BCUT2D eigenvalue weighted by Gasteiger charge is -2.11. The number of para-hydroxylation sites is 1. The summed E-state index contributed by atoms with van der Waals surface area (Å²) >= 11 is 6.09. The third-order valence-corrected chi connectivity index (χ3v) is 2.98. The third kappa shape index (κ3) is 4.18. The Hall–Kier alpha value is -1.67. The van der Waals surface area contributed by atoms with Gasteiger partial charge in [-0.1, -0.05) is 35.9 Å². The fraction of sp³-hybridized carbons (Fsp3) is 0.250. The van der Waals surface area contributed by atoms with Gasteiger partial charge < -0.3 is 10.1 Å². The molecular weight excluding hydrogens is 258 g/mol. The van der Waals surface area contributed by atoms with Crippen LogP contribution in [0.4, 0.5) is 5.69 Å². The van der Waals surface area contributed by atoms with Gasteiger partial charge in [-0.15, -0.1) is 0 Å². The molecule has 0 aliphatic heterocycles. The first-order chi connectivity index (χ1) is 9.15. The second-order valence-corrected chi connectivity index (χ2v) is 5.05. The van der Waals surface area contributed by atoms with Crippen molar-refractivity contribution in [3.05, 3.63) is 59.1 Å². The molecule has 0 saturated carbocycles. The molecule has 0 atom stereocenters. The van der Waals surface area contributed by atoms with Crippen LogP contribution in [0.25, 0.3) is 0 Å². The van der Waals surface area contributed by atoms with Gasteiger partial charge in [0.15, 0.2) is 0 Å². The summed E-state index contributed by atoms with van der Waals surface area (Å²) in [5, 5.41) is 4.05. The SMILES string of the molecule is CC(C)Oc1ccc(CNc2ccccc2Cl)cc1. The zero-order chi connectivity index (χ0) is 13.7. The molecule has 3 heteroatoms. The Morgan fingerprint density at radius 2 is 1.74 bits per heavy atom. The predicted molar refractivity (Wildman–Crippen MR) is 81.0 cm³/mol. The van der Waals surface area contributed by atoms with Crippen LogP contribution in [0, 0.1) is 0 Å². The van der Waals surface area contributed by atoms with E-state index < -0.39 is 0 Å². The van der Waals surface area contributed by atoms with Gasteiger partial charge in [-0.25, -0.2) is 0 Å².